The molecule has 3 heteroatoms. The van der Waals surface area contributed by atoms with Crippen molar-refractivity contribution in [2.75, 3.05) is 0 Å². The summed E-state index contributed by atoms with van der Waals surface area (Å²) in [4.78, 5) is 12.2. The molecule has 0 amide bonds. The van der Waals surface area contributed by atoms with Gasteiger partial charge in [-0.3, -0.25) is 4.79 Å². The van der Waals surface area contributed by atoms with E-state index in [4.69, 9.17) is 4.74 Å². The van der Waals surface area contributed by atoms with Crippen molar-refractivity contribution in [2.24, 2.45) is 5.92 Å². The van der Waals surface area contributed by atoms with Gasteiger partial charge in [0.1, 0.15) is 5.75 Å². The van der Waals surface area contributed by atoms with Gasteiger partial charge in [-0.25, -0.2) is 0 Å². The van der Waals surface area contributed by atoms with E-state index in [1.165, 1.54) is 0 Å². The molecule has 1 aromatic carbocycles. The molecule has 0 aliphatic carbocycles. The van der Waals surface area contributed by atoms with E-state index in [0.29, 0.717) is 11.5 Å². The Labute approximate surface area is 124 Å². The fourth-order valence-electron chi connectivity index (χ4n) is 1.84. The highest BCUT2D eigenvalue weighted by atomic mass is 79.9. The number of aryl methyl sites for hydroxylation is 1. The minimum atomic E-state index is -0.123. The van der Waals surface area contributed by atoms with Gasteiger partial charge in [0.2, 0.25) is 0 Å². The van der Waals surface area contributed by atoms with E-state index < -0.39 is 0 Å². The van der Waals surface area contributed by atoms with Crippen LogP contribution in [0.1, 0.15) is 50.0 Å². The standard InChI is InChI=1S/C16H23BrO2/c1-10(2)8-14(17)16(18)13-7-6-12(5)15(9-13)19-11(3)4/h6-7,9-11,14H,8H2,1-5H3. The van der Waals surface area contributed by atoms with Gasteiger partial charge in [0, 0.05) is 5.56 Å². The highest BCUT2D eigenvalue weighted by molar-refractivity contribution is 9.10. The van der Waals surface area contributed by atoms with Gasteiger partial charge >= 0.3 is 0 Å². The molecule has 19 heavy (non-hydrogen) atoms. The monoisotopic (exact) mass is 326 g/mol. The fraction of sp³-hybridized carbons (Fsp3) is 0.562. The molecule has 1 aromatic rings. The number of ketones is 1. The molecule has 0 radical (unpaired) electrons. The second kappa shape index (κ2) is 7.09. The Balaban J connectivity index is 2.92. The van der Waals surface area contributed by atoms with E-state index in [0.717, 1.165) is 17.7 Å². The predicted octanol–water partition coefficient (Wildman–Crippen LogP) is 4.77. The zero-order valence-electron chi connectivity index (χ0n) is 12.4. The number of ether oxygens (including phenoxy) is 1. The number of halogens is 1. The molecule has 0 bridgehead atoms. The first-order valence-electron chi connectivity index (χ1n) is 6.76. The topological polar surface area (TPSA) is 26.3 Å². The maximum absolute atomic E-state index is 12.3. The highest BCUT2D eigenvalue weighted by Crippen LogP contribution is 2.24. The molecule has 1 unspecified atom stereocenters. The molecule has 0 N–H and O–H groups in total. The van der Waals surface area contributed by atoms with Crippen LogP contribution < -0.4 is 4.74 Å². The van der Waals surface area contributed by atoms with Crippen molar-refractivity contribution >= 4 is 21.7 Å². The smallest absolute Gasteiger partial charge is 0.176 e. The SMILES string of the molecule is Cc1ccc(C(=O)C(Br)CC(C)C)cc1OC(C)C. The van der Waals surface area contributed by atoms with Crippen LogP contribution in [-0.2, 0) is 0 Å². The third-order valence-corrected chi connectivity index (χ3v) is 3.59. The van der Waals surface area contributed by atoms with Gasteiger partial charge in [-0.2, -0.15) is 0 Å². The summed E-state index contributed by atoms with van der Waals surface area (Å²) in [5, 5.41) is 0. The summed E-state index contributed by atoms with van der Waals surface area (Å²) < 4.78 is 5.73. The fourth-order valence-corrected chi connectivity index (χ4v) is 2.85. The summed E-state index contributed by atoms with van der Waals surface area (Å²) in [7, 11) is 0. The van der Waals surface area contributed by atoms with Crippen LogP contribution in [0.5, 0.6) is 5.75 Å². The van der Waals surface area contributed by atoms with E-state index >= 15 is 0 Å². The molecule has 106 valence electrons. The molecular formula is C16H23BrO2. The first kappa shape index (κ1) is 16.2. The van der Waals surface area contributed by atoms with Gasteiger partial charge in [0.25, 0.3) is 0 Å². The Kier molecular flexibility index (Phi) is 6.05. The third kappa shape index (κ3) is 4.98. The molecule has 0 fully saturated rings. The van der Waals surface area contributed by atoms with Gasteiger partial charge < -0.3 is 4.74 Å². The predicted molar refractivity (Wildman–Crippen MR) is 83.4 cm³/mol. The molecule has 0 aliphatic rings. The number of carbonyl (C=O) groups excluding carboxylic acids is 1. The molecule has 1 atom stereocenters. The lowest BCUT2D eigenvalue weighted by molar-refractivity contribution is 0.0984. The van der Waals surface area contributed by atoms with Crippen molar-refractivity contribution in [3.8, 4) is 5.75 Å². The quantitative estimate of drug-likeness (QED) is 0.555. The Bertz CT molecular complexity index is 438. The zero-order valence-corrected chi connectivity index (χ0v) is 14.0. The lowest BCUT2D eigenvalue weighted by Gasteiger charge is -2.15. The number of alkyl halides is 1. The summed E-state index contributed by atoms with van der Waals surface area (Å²) in [6.45, 7) is 10.2. The van der Waals surface area contributed by atoms with Gasteiger partial charge in [-0.05, 0) is 44.7 Å². The van der Waals surface area contributed by atoms with E-state index in [9.17, 15) is 4.79 Å². The summed E-state index contributed by atoms with van der Waals surface area (Å²) in [6, 6.07) is 5.67. The van der Waals surface area contributed by atoms with Crippen LogP contribution in [0.15, 0.2) is 18.2 Å². The Morgan fingerprint density at radius 1 is 1.26 bits per heavy atom. The second-order valence-corrected chi connectivity index (χ2v) is 6.71. The van der Waals surface area contributed by atoms with Gasteiger partial charge in [0.05, 0.1) is 10.9 Å². The molecule has 0 aromatic heterocycles. The van der Waals surface area contributed by atoms with E-state index in [2.05, 4.69) is 29.8 Å². The number of rotatable bonds is 6. The van der Waals surface area contributed by atoms with E-state index in [-0.39, 0.29) is 16.7 Å². The van der Waals surface area contributed by atoms with E-state index in [1.54, 1.807) is 0 Å². The summed E-state index contributed by atoms with van der Waals surface area (Å²) in [6.07, 6.45) is 0.951. The normalized spacial score (nSPS) is 12.8. The van der Waals surface area contributed by atoms with Crippen molar-refractivity contribution in [2.45, 2.75) is 52.0 Å². The molecular weight excluding hydrogens is 304 g/mol. The Morgan fingerprint density at radius 2 is 1.89 bits per heavy atom. The summed E-state index contributed by atoms with van der Waals surface area (Å²) >= 11 is 3.48. The van der Waals surface area contributed by atoms with E-state index in [1.807, 2.05) is 39.0 Å². The summed E-state index contributed by atoms with van der Waals surface area (Å²) in [5.41, 5.74) is 1.77. The minimum Gasteiger partial charge on any atom is -0.491 e. The lowest BCUT2D eigenvalue weighted by Crippen LogP contribution is -2.17. The third-order valence-electron chi connectivity index (χ3n) is 2.80. The van der Waals surface area contributed by atoms with Crippen molar-refractivity contribution in [3.63, 3.8) is 0 Å². The van der Waals surface area contributed by atoms with Crippen molar-refractivity contribution in [1.82, 2.24) is 0 Å². The molecule has 1 rings (SSSR count). The highest BCUT2D eigenvalue weighted by Gasteiger charge is 2.19. The van der Waals surface area contributed by atoms with Crippen molar-refractivity contribution < 1.29 is 9.53 Å². The van der Waals surface area contributed by atoms with Crippen molar-refractivity contribution in [3.05, 3.63) is 29.3 Å². The lowest BCUT2D eigenvalue weighted by atomic mass is 10.00. The van der Waals surface area contributed by atoms with Crippen LogP contribution >= 0.6 is 15.9 Å². The molecule has 0 aliphatic heterocycles. The average molecular weight is 327 g/mol. The maximum Gasteiger partial charge on any atom is 0.176 e. The molecule has 0 saturated carbocycles. The summed E-state index contributed by atoms with van der Waals surface area (Å²) in [5.74, 6) is 1.41. The number of carbonyl (C=O) groups is 1. The van der Waals surface area contributed by atoms with Crippen molar-refractivity contribution in [1.29, 1.82) is 0 Å². The first-order valence-corrected chi connectivity index (χ1v) is 7.68. The van der Waals surface area contributed by atoms with Crippen LogP contribution in [0.2, 0.25) is 0 Å². The number of hydrogen-bond donors (Lipinski definition) is 0. The van der Waals surface area contributed by atoms with Crippen LogP contribution in [0.3, 0.4) is 0 Å². The van der Waals surface area contributed by atoms with Crippen LogP contribution in [-0.4, -0.2) is 16.7 Å². The number of benzene rings is 1. The number of Topliss-reactive ketones (excluding diaryl/α,β-unsaturated/α-hetero) is 1. The average Bonchev–Trinajstić information content (AvgIpc) is 2.29. The minimum absolute atomic E-state index is 0.111. The van der Waals surface area contributed by atoms with Gasteiger partial charge in [0.15, 0.2) is 5.78 Å². The van der Waals surface area contributed by atoms with Gasteiger partial charge in [-0.1, -0.05) is 41.9 Å². The zero-order chi connectivity index (χ0) is 14.6. The van der Waals surface area contributed by atoms with Crippen LogP contribution in [0.25, 0.3) is 0 Å². The van der Waals surface area contributed by atoms with Crippen LogP contribution in [0.4, 0.5) is 0 Å². The first-order chi connectivity index (χ1) is 8.81. The molecule has 0 saturated heterocycles. The second-order valence-electron chi connectivity index (χ2n) is 5.61. The molecule has 0 heterocycles. The molecule has 0 spiro atoms. The maximum atomic E-state index is 12.3. The van der Waals surface area contributed by atoms with Crippen LogP contribution in [0, 0.1) is 12.8 Å². The Morgan fingerprint density at radius 3 is 2.42 bits per heavy atom. The largest absolute Gasteiger partial charge is 0.491 e. The number of hydrogen-bond acceptors (Lipinski definition) is 2. The Hall–Kier alpha value is -0.830. The molecule has 2 nitrogen and oxygen atoms in total. The van der Waals surface area contributed by atoms with Gasteiger partial charge in [-0.15, -0.1) is 0 Å².